The van der Waals surface area contributed by atoms with Crippen molar-refractivity contribution >= 4 is 0 Å². The minimum Gasteiger partial charge on any atom is -0.381 e. The smallest absolute Gasteiger partial charge is 0.0638 e. The zero-order chi connectivity index (χ0) is 22.2. The molecule has 1 nitrogen and oxygen atoms in total. The summed E-state index contributed by atoms with van der Waals surface area (Å²) in [6.07, 6.45) is 18.7. The molecule has 5 aliphatic carbocycles. The number of ether oxygens (including phenoxy) is 1. The molecule has 5 fully saturated rings. The first kappa shape index (κ1) is 22.5. The number of rotatable bonds is 6. The molecule has 0 radical (unpaired) electrons. The zero-order valence-electron chi connectivity index (χ0n) is 21.6. The van der Waals surface area contributed by atoms with Gasteiger partial charge in [-0.05, 0) is 116 Å². The molecule has 0 bridgehead atoms. The van der Waals surface area contributed by atoms with E-state index in [4.69, 9.17) is 4.74 Å². The van der Waals surface area contributed by atoms with Gasteiger partial charge < -0.3 is 4.74 Å². The molecular formula is C30H50O. The molecule has 5 rings (SSSR count). The maximum Gasteiger partial charge on any atom is 0.0638 e. The van der Waals surface area contributed by atoms with Gasteiger partial charge in [-0.1, -0.05) is 53.7 Å². The van der Waals surface area contributed by atoms with Crippen LogP contribution in [0.2, 0.25) is 0 Å². The van der Waals surface area contributed by atoms with Gasteiger partial charge in [0.1, 0.15) is 0 Å². The fourth-order valence-electron chi connectivity index (χ4n) is 10.8. The Kier molecular flexibility index (Phi) is 5.52. The summed E-state index contributed by atoms with van der Waals surface area (Å²) in [4.78, 5) is 0. The van der Waals surface area contributed by atoms with Crippen molar-refractivity contribution in [1.82, 2.24) is 0 Å². The summed E-state index contributed by atoms with van der Waals surface area (Å²) >= 11 is 0. The second-order valence-corrected chi connectivity index (χ2v) is 13.5. The molecule has 0 heterocycles. The van der Waals surface area contributed by atoms with Crippen molar-refractivity contribution in [2.24, 2.45) is 63.6 Å². The van der Waals surface area contributed by atoms with Gasteiger partial charge in [0.05, 0.1) is 6.10 Å². The fourth-order valence-corrected chi connectivity index (χ4v) is 10.8. The Morgan fingerprint density at radius 3 is 2.39 bits per heavy atom. The van der Waals surface area contributed by atoms with Gasteiger partial charge in [-0.25, -0.2) is 0 Å². The molecule has 0 amide bonds. The van der Waals surface area contributed by atoms with Crippen molar-refractivity contribution in [1.29, 1.82) is 0 Å². The zero-order valence-corrected chi connectivity index (χ0v) is 21.6. The Bertz CT molecular complexity index is 709. The van der Waals surface area contributed by atoms with Crippen LogP contribution >= 0.6 is 0 Å². The normalized spacial score (nSPS) is 52.5. The first-order valence-electron chi connectivity index (χ1n) is 13.9. The van der Waals surface area contributed by atoms with Gasteiger partial charge >= 0.3 is 0 Å². The fraction of sp³-hybridized carbons (Fsp3) is 0.933. The Morgan fingerprint density at radius 1 is 0.968 bits per heavy atom. The van der Waals surface area contributed by atoms with Gasteiger partial charge in [-0.2, -0.15) is 0 Å². The monoisotopic (exact) mass is 426 g/mol. The molecule has 11 atom stereocenters. The number of fused-ring (bicyclic) bond motifs is 4. The van der Waals surface area contributed by atoms with Crippen LogP contribution in [-0.2, 0) is 4.74 Å². The lowest BCUT2D eigenvalue weighted by Crippen LogP contribution is -2.57. The summed E-state index contributed by atoms with van der Waals surface area (Å²) in [6, 6.07) is 0. The van der Waals surface area contributed by atoms with Gasteiger partial charge in [0.2, 0.25) is 0 Å². The highest BCUT2D eigenvalue weighted by Crippen LogP contribution is 2.82. The van der Waals surface area contributed by atoms with E-state index in [1.54, 1.807) is 0 Å². The molecule has 0 aromatic rings. The van der Waals surface area contributed by atoms with Crippen LogP contribution in [0.25, 0.3) is 0 Å². The second-order valence-electron chi connectivity index (χ2n) is 13.5. The predicted molar refractivity (Wildman–Crippen MR) is 131 cm³/mol. The summed E-state index contributed by atoms with van der Waals surface area (Å²) in [7, 11) is 2.03. The van der Waals surface area contributed by atoms with Crippen molar-refractivity contribution < 1.29 is 4.74 Å². The van der Waals surface area contributed by atoms with Crippen molar-refractivity contribution in [3.63, 3.8) is 0 Å². The molecule has 5 unspecified atom stereocenters. The topological polar surface area (TPSA) is 9.23 Å². The van der Waals surface area contributed by atoms with Crippen molar-refractivity contribution in [2.75, 3.05) is 7.11 Å². The Balaban J connectivity index is 1.37. The molecule has 176 valence electrons. The van der Waals surface area contributed by atoms with Crippen LogP contribution in [0, 0.1) is 63.6 Å². The summed E-state index contributed by atoms with van der Waals surface area (Å²) < 4.78 is 6.31. The summed E-state index contributed by atoms with van der Waals surface area (Å²) in [5.41, 5.74) is 1.68. The van der Waals surface area contributed by atoms with E-state index in [-0.39, 0.29) is 0 Å². The number of methoxy groups -OCH3 is 1. The lowest BCUT2D eigenvalue weighted by molar-refractivity contribution is -0.160. The molecule has 0 aromatic carbocycles. The van der Waals surface area contributed by atoms with E-state index in [0.29, 0.717) is 22.3 Å². The lowest BCUT2D eigenvalue weighted by Gasteiger charge is -2.61. The molecule has 0 aromatic heterocycles. The standard InChI is InChI=1S/C30H50O/c1-8-21(19(2)3)10-9-20(4)24-11-12-25-23-17-27(31-7)30-18-22(30)13-16-29(30,6)26(23)14-15-28(24,25)5/h9-10,19-27H,8,11-18H2,1-7H3/b10-9+/t20-,21-,22?,23?,24?,25?,26?,27-,28-,29-,30+/m1/s1. The van der Waals surface area contributed by atoms with E-state index in [9.17, 15) is 0 Å². The Hall–Kier alpha value is -0.300. The molecule has 0 saturated heterocycles. The maximum absolute atomic E-state index is 6.31. The SMILES string of the molecule is CC[C@H](/C=C/[C@@H](C)C1CCC2C3C[C@@H](OC)[C@]45CC4CC[C@]5(C)C3CC[C@@]21C)C(C)C. The highest BCUT2D eigenvalue weighted by Gasteiger charge is 2.77. The van der Waals surface area contributed by atoms with E-state index in [1.165, 1.54) is 57.8 Å². The second kappa shape index (κ2) is 7.61. The lowest BCUT2D eigenvalue weighted by atomic mass is 9.45. The third-order valence-corrected chi connectivity index (χ3v) is 12.5. The van der Waals surface area contributed by atoms with Crippen LogP contribution in [0.15, 0.2) is 12.2 Å². The molecule has 0 aliphatic heterocycles. The minimum atomic E-state index is 0.543. The summed E-state index contributed by atoms with van der Waals surface area (Å²) in [5, 5.41) is 0. The van der Waals surface area contributed by atoms with Gasteiger partial charge in [-0.15, -0.1) is 0 Å². The molecule has 31 heavy (non-hydrogen) atoms. The third kappa shape index (κ3) is 2.96. The average molecular weight is 427 g/mol. The van der Waals surface area contributed by atoms with Crippen LogP contribution < -0.4 is 0 Å². The van der Waals surface area contributed by atoms with E-state index in [1.807, 2.05) is 7.11 Å². The van der Waals surface area contributed by atoms with Crippen LogP contribution in [0.4, 0.5) is 0 Å². The number of hydrogen-bond donors (Lipinski definition) is 0. The van der Waals surface area contributed by atoms with Gasteiger partial charge in [0.25, 0.3) is 0 Å². The number of allylic oxidation sites excluding steroid dienone is 2. The van der Waals surface area contributed by atoms with Gasteiger partial charge in [0, 0.05) is 12.5 Å². The molecular weight excluding hydrogens is 376 g/mol. The molecule has 5 saturated carbocycles. The van der Waals surface area contributed by atoms with Gasteiger partial charge in [0.15, 0.2) is 0 Å². The Labute approximate surface area is 193 Å². The molecule has 5 aliphatic rings. The summed E-state index contributed by atoms with van der Waals surface area (Å²) in [5.74, 6) is 6.92. The largest absolute Gasteiger partial charge is 0.381 e. The Morgan fingerprint density at radius 2 is 1.74 bits per heavy atom. The van der Waals surface area contributed by atoms with E-state index in [2.05, 4.69) is 53.7 Å². The van der Waals surface area contributed by atoms with Crippen molar-refractivity contribution in [3.8, 4) is 0 Å². The quantitative estimate of drug-likeness (QED) is 0.389. The van der Waals surface area contributed by atoms with E-state index >= 15 is 0 Å². The van der Waals surface area contributed by atoms with Crippen LogP contribution in [0.5, 0.6) is 0 Å². The third-order valence-electron chi connectivity index (χ3n) is 12.5. The highest BCUT2D eigenvalue weighted by molar-refractivity contribution is 5.26. The summed E-state index contributed by atoms with van der Waals surface area (Å²) in [6.45, 7) is 15.1. The van der Waals surface area contributed by atoms with E-state index in [0.717, 1.165) is 47.3 Å². The number of hydrogen-bond acceptors (Lipinski definition) is 1. The van der Waals surface area contributed by atoms with Gasteiger partial charge in [-0.3, -0.25) is 0 Å². The molecule has 1 heteroatoms. The van der Waals surface area contributed by atoms with Crippen LogP contribution in [0.1, 0.15) is 99.3 Å². The van der Waals surface area contributed by atoms with Crippen molar-refractivity contribution in [3.05, 3.63) is 12.2 Å². The first-order chi connectivity index (χ1) is 14.7. The van der Waals surface area contributed by atoms with Crippen LogP contribution in [-0.4, -0.2) is 13.2 Å². The highest BCUT2D eigenvalue weighted by atomic mass is 16.5. The average Bonchev–Trinajstić information content (AvgIpc) is 3.24. The van der Waals surface area contributed by atoms with Crippen LogP contribution in [0.3, 0.4) is 0 Å². The minimum absolute atomic E-state index is 0.543. The van der Waals surface area contributed by atoms with E-state index < -0.39 is 0 Å². The first-order valence-corrected chi connectivity index (χ1v) is 13.9. The molecule has 0 N–H and O–H groups in total. The maximum atomic E-state index is 6.31. The predicted octanol–water partition coefficient (Wildman–Crippen LogP) is 8.14. The molecule has 1 spiro atoms. The van der Waals surface area contributed by atoms with Crippen molar-refractivity contribution in [2.45, 2.75) is 105 Å².